The van der Waals surface area contributed by atoms with Crippen molar-refractivity contribution >= 4 is 12.0 Å². The molecule has 0 aliphatic heterocycles. The van der Waals surface area contributed by atoms with Gasteiger partial charge >= 0.3 is 6.03 Å². The highest BCUT2D eigenvalue weighted by Crippen LogP contribution is 1.99. The zero-order chi connectivity index (χ0) is 8.27. The van der Waals surface area contributed by atoms with Crippen molar-refractivity contribution in [3.05, 3.63) is 18.5 Å². The number of urea groups is 1. The van der Waals surface area contributed by atoms with Gasteiger partial charge in [0.05, 0.1) is 0 Å². The lowest BCUT2D eigenvalue weighted by Gasteiger charge is -2.09. The van der Waals surface area contributed by atoms with Crippen LogP contribution in [0.2, 0.25) is 0 Å². The van der Waals surface area contributed by atoms with Gasteiger partial charge in [0, 0.05) is 19.4 Å². The van der Waals surface area contributed by atoms with Crippen LogP contribution in [0.3, 0.4) is 0 Å². The van der Waals surface area contributed by atoms with Crippen LogP contribution in [-0.4, -0.2) is 23.0 Å². The molecule has 0 aliphatic rings. The van der Waals surface area contributed by atoms with Crippen LogP contribution in [0.25, 0.3) is 0 Å². The first-order valence-corrected chi connectivity index (χ1v) is 3.02. The average Bonchev–Trinajstić information content (AvgIpc) is 2.05. The third kappa shape index (κ3) is 1.64. The molecule has 1 aromatic rings. The number of nitrogens with two attached hydrogens (primary N) is 1. The maximum Gasteiger partial charge on any atom is 0.321 e. The minimum atomic E-state index is -0.573. The van der Waals surface area contributed by atoms with E-state index in [1.807, 2.05) is 0 Å². The summed E-state index contributed by atoms with van der Waals surface area (Å²) in [5.41, 5.74) is 4.97. The van der Waals surface area contributed by atoms with Gasteiger partial charge in [0.25, 0.3) is 0 Å². The molecule has 1 aromatic heterocycles. The van der Waals surface area contributed by atoms with Crippen molar-refractivity contribution < 1.29 is 4.79 Å². The summed E-state index contributed by atoms with van der Waals surface area (Å²) in [7, 11) is 1.51. The quantitative estimate of drug-likeness (QED) is 0.615. The molecule has 1 rings (SSSR count). The highest BCUT2D eigenvalue weighted by Gasteiger charge is 2.06. The summed E-state index contributed by atoms with van der Waals surface area (Å²) >= 11 is 0. The maximum absolute atomic E-state index is 10.6. The zero-order valence-corrected chi connectivity index (χ0v) is 6.06. The lowest BCUT2D eigenvalue weighted by Crippen LogP contribution is -2.32. The van der Waals surface area contributed by atoms with E-state index in [-0.39, 0.29) is 0 Å². The molecule has 2 amide bonds. The average molecular weight is 152 g/mol. The van der Waals surface area contributed by atoms with Gasteiger partial charge in [-0.05, 0) is 6.07 Å². The standard InChI is InChI=1S/C6H8N4O/c1-10(5(7)11)6-8-3-2-4-9-6/h2-4H,1H3,(H2,7,11). The molecule has 11 heavy (non-hydrogen) atoms. The van der Waals surface area contributed by atoms with Crippen LogP contribution in [0.4, 0.5) is 10.7 Å². The smallest absolute Gasteiger partial charge is 0.321 e. The fraction of sp³-hybridized carbons (Fsp3) is 0.167. The minimum absolute atomic E-state index is 0.306. The Hall–Kier alpha value is -1.65. The van der Waals surface area contributed by atoms with Gasteiger partial charge in [0.2, 0.25) is 5.95 Å². The molecule has 58 valence electrons. The van der Waals surface area contributed by atoms with E-state index in [9.17, 15) is 4.79 Å². The molecule has 1 heterocycles. The van der Waals surface area contributed by atoms with Crippen molar-refractivity contribution in [1.82, 2.24) is 9.97 Å². The Labute approximate surface area is 63.9 Å². The van der Waals surface area contributed by atoms with Crippen LogP contribution in [-0.2, 0) is 0 Å². The molecule has 0 fully saturated rings. The number of rotatable bonds is 1. The van der Waals surface area contributed by atoms with E-state index in [1.165, 1.54) is 11.9 Å². The third-order valence-electron chi connectivity index (χ3n) is 1.18. The van der Waals surface area contributed by atoms with Crippen LogP contribution in [0.5, 0.6) is 0 Å². The molecule has 0 radical (unpaired) electrons. The number of hydrogen-bond donors (Lipinski definition) is 1. The molecule has 5 nitrogen and oxygen atoms in total. The van der Waals surface area contributed by atoms with E-state index >= 15 is 0 Å². The highest BCUT2D eigenvalue weighted by atomic mass is 16.2. The van der Waals surface area contributed by atoms with Crippen molar-refractivity contribution in [2.45, 2.75) is 0 Å². The second-order valence-corrected chi connectivity index (χ2v) is 1.95. The van der Waals surface area contributed by atoms with Gasteiger partial charge in [0.15, 0.2) is 0 Å². The second-order valence-electron chi connectivity index (χ2n) is 1.95. The molecular weight excluding hydrogens is 144 g/mol. The van der Waals surface area contributed by atoms with E-state index in [1.54, 1.807) is 18.5 Å². The highest BCUT2D eigenvalue weighted by molar-refractivity contribution is 5.87. The Kier molecular flexibility index (Phi) is 2.00. The first-order valence-electron chi connectivity index (χ1n) is 3.02. The minimum Gasteiger partial charge on any atom is -0.351 e. The van der Waals surface area contributed by atoms with Crippen LogP contribution >= 0.6 is 0 Å². The van der Waals surface area contributed by atoms with Gasteiger partial charge < -0.3 is 5.73 Å². The third-order valence-corrected chi connectivity index (χ3v) is 1.18. The van der Waals surface area contributed by atoms with Crippen LogP contribution in [0.15, 0.2) is 18.5 Å². The van der Waals surface area contributed by atoms with Gasteiger partial charge in [-0.25, -0.2) is 14.8 Å². The Bertz CT molecular complexity index is 248. The zero-order valence-electron chi connectivity index (χ0n) is 6.06. The Balaban J connectivity index is 2.85. The molecule has 2 N–H and O–H groups in total. The monoisotopic (exact) mass is 152 g/mol. The topological polar surface area (TPSA) is 72.1 Å². The predicted octanol–water partition coefficient (Wildman–Crippen LogP) is -0.00850. The van der Waals surface area contributed by atoms with Crippen molar-refractivity contribution in [3.8, 4) is 0 Å². The number of carbonyl (C=O) groups is 1. The van der Waals surface area contributed by atoms with E-state index < -0.39 is 6.03 Å². The van der Waals surface area contributed by atoms with Gasteiger partial charge in [-0.1, -0.05) is 0 Å². The number of primary amides is 1. The molecular formula is C6H8N4O. The normalized spacial score (nSPS) is 9.18. The second kappa shape index (κ2) is 2.96. The summed E-state index contributed by atoms with van der Waals surface area (Å²) in [6, 6.07) is 1.09. The number of aromatic nitrogens is 2. The summed E-state index contributed by atoms with van der Waals surface area (Å²) < 4.78 is 0. The first-order chi connectivity index (χ1) is 5.22. The number of carbonyl (C=O) groups excluding carboxylic acids is 1. The molecule has 5 heteroatoms. The SMILES string of the molecule is CN(C(N)=O)c1ncccn1. The maximum atomic E-state index is 10.6. The van der Waals surface area contributed by atoms with Crippen molar-refractivity contribution in [3.63, 3.8) is 0 Å². The van der Waals surface area contributed by atoms with Crippen LogP contribution < -0.4 is 10.6 Å². The van der Waals surface area contributed by atoms with Crippen LogP contribution in [0.1, 0.15) is 0 Å². The van der Waals surface area contributed by atoms with E-state index in [0.717, 1.165) is 0 Å². The van der Waals surface area contributed by atoms with Crippen molar-refractivity contribution in [1.29, 1.82) is 0 Å². The van der Waals surface area contributed by atoms with E-state index in [2.05, 4.69) is 9.97 Å². The number of nitrogens with zero attached hydrogens (tertiary/aromatic N) is 3. The van der Waals surface area contributed by atoms with Crippen LogP contribution in [0, 0.1) is 0 Å². The fourth-order valence-corrected chi connectivity index (χ4v) is 0.563. The van der Waals surface area contributed by atoms with E-state index in [4.69, 9.17) is 5.73 Å². The number of amides is 2. The molecule has 0 saturated carbocycles. The Morgan fingerprint density at radius 2 is 2.09 bits per heavy atom. The summed E-state index contributed by atoms with van der Waals surface area (Å²) in [5.74, 6) is 0.306. The van der Waals surface area contributed by atoms with Crippen molar-refractivity contribution in [2.24, 2.45) is 5.73 Å². The predicted molar refractivity (Wildman–Crippen MR) is 40.0 cm³/mol. The summed E-state index contributed by atoms with van der Waals surface area (Å²) in [5, 5.41) is 0. The van der Waals surface area contributed by atoms with Gasteiger partial charge in [-0.2, -0.15) is 0 Å². The number of hydrogen-bond acceptors (Lipinski definition) is 3. The lowest BCUT2D eigenvalue weighted by atomic mass is 10.6. The van der Waals surface area contributed by atoms with E-state index in [0.29, 0.717) is 5.95 Å². The Morgan fingerprint density at radius 1 is 1.55 bits per heavy atom. The largest absolute Gasteiger partial charge is 0.351 e. The van der Waals surface area contributed by atoms with Gasteiger partial charge in [0.1, 0.15) is 0 Å². The van der Waals surface area contributed by atoms with Gasteiger partial charge in [-0.3, -0.25) is 4.90 Å². The summed E-state index contributed by atoms with van der Waals surface area (Å²) in [6.07, 6.45) is 3.09. The number of anilines is 1. The lowest BCUT2D eigenvalue weighted by molar-refractivity contribution is 0.255. The molecule has 0 aromatic carbocycles. The molecule has 0 saturated heterocycles. The molecule has 0 unspecified atom stereocenters. The molecule has 0 aliphatic carbocycles. The molecule has 0 spiro atoms. The van der Waals surface area contributed by atoms with Crippen molar-refractivity contribution in [2.75, 3.05) is 11.9 Å². The molecule has 0 atom stereocenters. The summed E-state index contributed by atoms with van der Waals surface area (Å²) in [6.45, 7) is 0. The first kappa shape index (κ1) is 7.46. The fourth-order valence-electron chi connectivity index (χ4n) is 0.563. The Morgan fingerprint density at radius 3 is 2.55 bits per heavy atom. The van der Waals surface area contributed by atoms with Gasteiger partial charge in [-0.15, -0.1) is 0 Å². The summed E-state index contributed by atoms with van der Waals surface area (Å²) in [4.78, 5) is 19.4. The molecule has 0 bridgehead atoms.